The van der Waals surface area contributed by atoms with Gasteiger partial charge >= 0.3 is 5.97 Å². The van der Waals surface area contributed by atoms with Crippen molar-refractivity contribution >= 4 is 21.9 Å². The van der Waals surface area contributed by atoms with Crippen LogP contribution in [0.15, 0.2) is 10.5 Å². The van der Waals surface area contributed by atoms with Gasteiger partial charge in [0, 0.05) is 11.3 Å². The average molecular weight is 263 g/mol. The second-order valence-corrected chi connectivity index (χ2v) is 3.61. The summed E-state index contributed by atoms with van der Waals surface area (Å²) >= 11 is 2.91. The van der Waals surface area contributed by atoms with Gasteiger partial charge in [-0.2, -0.15) is 4.39 Å². The molecule has 0 aliphatic carbocycles. The highest BCUT2D eigenvalue weighted by atomic mass is 79.9. The zero-order chi connectivity index (χ0) is 10.9. The molecule has 76 valence electrons. The lowest BCUT2D eigenvalue weighted by molar-refractivity contribution is -0.138. The minimum atomic E-state index is -1.18. The molecule has 1 atom stereocenters. The molecular formula is C8H8BrFN2O2. The quantitative estimate of drug-likeness (QED) is 0.790. The third-order valence-corrected chi connectivity index (χ3v) is 2.32. The van der Waals surface area contributed by atoms with Gasteiger partial charge in [0.25, 0.3) is 0 Å². The summed E-state index contributed by atoms with van der Waals surface area (Å²) in [5.74, 6) is -1.85. The first-order chi connectivity index (χ1) is 6.43. The Morgan fingerprint density at radius 1 is 1.79 bits per heavy atom. The molecule has 14 heavy (non-hydrogen) atoms. The largest absolute Gasteiger partial charge is 0.480 e. The van der Waals surface area contributed by atoms with Crippen molar-refractivity contribution < 1.29 is 14.3 Å². The van der Waals surface area contributed by atoms with E-state index in [0.717, 1.165) is 0 Å². The maximum atomic E-state index is 12.9. The van der Waals surface area contributed by atoms with E-state index in [-0.39, 0.29) is 10.2 Å². The number of aromatic nitrogens is 1. The van der Waals surface area contributed by atoms with Crippen molar-refractivity contribution in [1.29, 1.82) is 0 Å². The number of aliphatic carboxylic acids is 1. The van der Waals surface area contributed by atoms with Crippen LogP contribution in [0.4, 0.5) is 4.39 Å². The topological polar surface area (TPSA) is 76.2 Å². The van der Waals surface area contributed by atoms with Gasteiger partial charge in [0.2, 0.25) is 5.95 Å². The fourth-order valence-electron chi connectivity index (χ4n) is 1.01. The Kier molecular flexibility index (Phi) is 3.17. The monoisotopic (exact) mass is 262 g/mol. The molecule has 3 N–H and O–H groups in total. The molecule has 0 amide bonds. The first-order valence-corrected chi connectivity index (χ1v) is 4.53. The lowest BCUT2D eigenvalue weighted by atomic mass is 10.1. The average Bonchev–Trinajstić information content (AvgIpc) is 2.10. The Morgan fingerprint density at radius 3 is 2.86 bits per heavy atom. The number of carboxylic acid groups (broad SMARTS) is 1. The van der Waals surface area contributed by atoms with Crippen LogP contribution in [0.2, 0.25) is 0 Å². The van der Waals surface area contributed by atoms with E-state index >= 15 is 0 Å². The first-order valence-electron chi connectivity index (χ1n) is 3.74. The highest BCUT2D eigenvalue weighted by Gasteiger charge is 2.19. The summed E-state index contributed by atoms with van der Waals surface area (Å²) in [6.07, 6.45) is 0. The van der Waals surface area contributed by atoms with Crippen LogP contribution in [-0.2, 0) is 4.79 Å². The molecular weight excluding hydrogens is 255 g/mol. The van der Waals surface area contributed by atoms with Crippen molar-refractivity contribution in [3.8, 4) is 0 Å². The lowest BCUT2D eigenvalue weighted by Gasteiger charge is -2.10. The van der Waals surface area contributed by atoms with E-state index in [4.69, 9.17) is 10.8 Å². The van der Waals surface area contributed by atoms with Crippen molar-refractivity contribution in [2.45, 2.75) is 13.0 Å². The molecule has 1 aromatic heterocycles. The molecule has 0 spiro atoms. The molecule has 0 fully saturated rings. The van der Waals surface area contributed by atoms with Crippen LogP contribution in [0.3, 0.4) is 0 Å². The van der Waals surface area contributed by atoms with Crippen LogP contribution in [0, 0.1) is 12.9 Å². The van der Waals surface area contributed by atoms with E-state index < -0.39 is 18.0 Å². The zero-order valence-electron chi connectivity index (χ0n) is 7.29. The Hall–Kier alpha value is -1.01. The Labute approximate surface area is 88.1 Å². The van der Waals surface area contributed by atoms with Crippen LogP contribution < -0.4 is 5.73 Å². The van der Waals surface area contributed by atoms with Gasteiger partial charge in [0.05, 0.1) is 4.47 Å². The number of rotatable bonds is 2. The highest BCUT2D eigenvalue weighted by Crippen LogP contribution is 2.21. The summed E-state index contributed by atoms with van der Waals surface area (Å²) < 4.78 is 13.0. The third kappa shape index (κ3) is 2.08. The Morgan fingerprint density at radius 2 is 2.36 bits per heavy atom. The summed E-state index contributed by atoms with van der Waals surface area (Å²) in [7, 11) is 0. The summed E-state index contributed by atoms with van der Waals surface area (Å²) in [6.45, 7) is 1.51. The van der Waals surface area contributed by atoms with Crippen LogP contribution in [0.25, 0.3) is 0 Å². The van der Waals surface area contributed by atoms with Gasteiger partial charge in [-0.25, -0.2) is 4.98 Å². The number of carboxylic acids is 1. The number of carbonyl (C=O) groups is 1. The smallest absolute Gasteiger partial charge is 0.325 e. The zero-order valence-corrected chi connectivity index (χ0v) is 8.88. The molecule has 1 aromatic rings. The number of hydrogen-bond acceptors (Lipinski definition) is 3. The second kappa shape index (κ2) is 4.02. The fraction of sp³-hybridized carbons (Fsp3) is 0.250. The molecule has 0 unspecified atom stereocenters. The minimum absolute atomic E-state index is 0.106. The van der Waals surface area contributed by atoms with E-state index in [1.54, 1.807) is 0 Å². The lowest BCUT2D eigenvalue weighted by Crippen LogP contribution is -2.22. The van der Waals surface area contributed by atoms with Crippen molar-refractivity contribution in [3.63, 3.8) is 0 Å². The molecule has 4 nitrogen and oxygen atoms in total. The van der Waals surface area contributed by atoms with Gasteiger partial charge in [0.15, 0.2) is 0 Å². The molecule has 1 heterocycles. The van der Waals surface area contributed by atoms with E-state index in [1.165, 1.54) is 13.0 Å². The van der Waals surface area contributed by atoms with E-state index in [0.29, 0.717) is 5.56 Å². The van der Waals surface area contributed by atoms with Crippen LogP contribution >= 0.6 is 15.9 Å². The van der Waals surface area contributed by atoms with E-state index in [2.05, 4.69) is 20.9 Å². The summed E-state index contributed by atoms with van der Waals surface area (Å²) in [4.78, 5) is 14.1. The maximum Gasteiger partial charge on any atom is 0.325 e. The van der Waals surface area contributed by atoms with Crippen molar-refractivity contribution in [1.82, 2.24) is 4.98 Å². The molecule has 0 saturated heterocycles. The number of aryl methyl sites for hydroxylation is 1. The summed E-state index contributed by atoms with van der Waals surface area (Å²) in [6, 6.07) is 0.149. The summed E-state index contributed by atoms with van der Waals surface area (Å²) in [5, 5.41) is 8.66. The standard InChI is InChI=1S/C8H8BrFN2O2/c1-3-4(6(11)8(13)14)2-5(9)7(10)12-3/h2,6H,11H2,1H3,(H,13,14)/t6-/m1/s1. The van der Waals surface area contributed by atoms with E-state index in [1.807, 2.05) is 0 Å². The normalized spacial score (nSPS) is 12.6. The third-order valence-electron chi connectivity index (χ3n) is 1.76. The maximum absolute atomic E-state index is 12.9. The molecule has 6 heteroatoms. The van der Waals surface area contributed by atoms with Gasteiger partial charge < -0.3 is 10.8 Å². The molecule has 0 radical (unpaired) electrons. The Balaban J connectivity index is 3.22. The fourth-order valence-corrected chi connectivity index (χ4v) is 1.35. The second-order valence-electron chi connectivity index (χ2n) is 2.75. The number of nitrogens with two attached hydrogens (primary N) is 1. The first kappa shape index (κ1) is 11.1. The summed E-state index contributed by atoms with van der Waals surface area (Å²) in [5.41, 5.74) is 5.95. The van der Waals surface area contributed by atoms with E-state index in [9.17, 15) is 9.18 Å². The molecule has 0 aromatic carbocycles. The number of hydrogen-bond donors (Lipinski definition) is 2. The predicted octanol–water partition coefficient (Wildman–Crippen LogP) is 1.38. The van der Waals surface area contributed by atoms with Gasteiger partial charge in [0.1, 0.15) is 6.04 Å². The number of halogens is 2. The highest BCUT2D eigenvalue weighted by molar-refractivity contribution is 9.10. The molecule has 0 saturated carbocycles. The van der Waals surface area contributed by atoms with Gasteiger partial charge in [-0.3, -0.25) is 4.79 Å². The Bertz CT molecular complexity index is 384. The SMILES string of the molecule is Cc1nc(F)c(Br)cc1[C@@H](N)C(=O)O. The van der Waals surface area contributed by atoms with Crippen LogP contribution in [0.5, 0.6) is 0 Å². The van der Waals surface area contributed by atoms with Crippen molar-refractivity contribution in [2.24, 2.45) is 5.73 Å². The molecule has 1 rings (SSSR count). The minimum Gasteiger partial charge on any atom is -0.480 e. The molecule has 0 aliphatic rings. The number of pyridine rings is 1. The van der Waals surface area contributed by atoms with Crippen LogP contribution in [-0.4, -0.2) is 16.1 Å². The predicted molar refractivity (Wildman–Crippen MR) is 51.2 cm³/mol. The van der Waals surface area contributed by atoms with Crippen molar-refractivity contribution in [3.05, 3.63) is 27.7 Å². The van der Waals surface area contributed by atoms with Gasteiger partial charge in [-0.1, -0.05) is 0 Å². The van der Waals surface area contributed by atoms with Crippen LogP contribution in [0.1, 0.15) is 17.3 Å². The molecule has 0 bridgehead atoms. The van der Waals surface area contributed by atoms with Gasteiger partial charge in [-0.05, 0) is 28.9 Å². The number of nitrogens with zero attached hydrogens (tertiary/aromatic N) is 1. The van der Waals surface area contributed by atoms with Gasteiger partial charge in [-0.15, -0.1) is 0 Å². The van der Waals surface area contributed by atoms with Crippen molar-refractivity contribution in [2.75, 3.05) is 0 Å². The molecule has 0 aliphatic heterocycles.